The zero-order valence-corrected chi connectivity index (χ0v) is 12.4. The van der Waals surface area contributed by atoms with Crippen molar-refractivity contribution in [2.24, 2.45) is 0 Å². The molecule has 8 heteroatoms. The SMILES string of the molecule is O=c1c(=O)n(C2CCC2)ccn1Cc1nnc(Br)s1. The third kappa shape index (κ3) is 2.42. The average molecular weight is 343 g/mol. The molecule has 0 amide bonds. The summed E-state index contributed by atoms with van der Waals surface area (Å²) in [5, 5.41) is 8.43. The lowest BCUT2D eigenvalue weighted by atomic mass is 9.93. The van der Waals surface area contributed by atoms with Crippen molar-refractivity contribution in [3.63, 3.8) is 0 Å². The van der Waals surface area contributed by atoms with E-state index in [4.69, 9.17) is 0 Å². The minimum atomic E-state index is -0.499. The van der Waals surface area contributed by atoms with Crippen LogP contribution in [0.5, 0.6) is 0 Å². The first-order valence-electron chi connectivity index (χ1n) is 5.94. The summed E-state index contributed by atoms with van der Waals surface area (Å²) in [4.78, 5) is 24.0. The summed E-state index contributed by atoms with van der Waals surface area (Å²) in [7, 11) is 0. The van der Waals surface area contributed by atoms with E-state index in [2.05, 4.69) is 26.1 Å². The van der Waals surface area contributed by atoms with Gasteiger partial charge in [-0.2, -0.15) is 0 Å². The summed E-state index contributed by atoms with van der Waals surface area (Å²) in [6, 6.07) is 0.200. The molecule has 2 aromatic heterocycles. The summed E-state index contributed by atoms with van der Waals surface area (Å²) in [6.07, 6.45) is 6.43. The van der Waals surface area contributed by atoms with Crippen LogP contribution in [0.15, 0.2) is 25.9 Å². The maximum Gasteiger partial charge on any atom is 0.316 e. The zero-order chi connectivity index (χ0) is 13.4. The van der Waals surface area contributed by atoms with Crippen LogP contribution in [0.2, 0.25) is 0 Å². The molecule has 2 heterocycles. The second kappa shape index (κ2) is 5.01. The van der Waals surface area contributed by atoms with E-state index in [9.17, 15) is 9.59 Å². The van der Waals surface area contributed by atoms with Crippen LogP contribution < -0.4 is 11.1 Å². The fourth-order valence-electron chi connectivity index (χ4n) is 2.04. The van der Waals surface area contributed by atoms with Crippen LogP contribution in [0, 0.1) is 0 Å². The highest BCUT2D eigenvalue weighted by atomic mass is 79.9. The molecule has 1 fully saturated rings. The van der Waals surface area contributed by atoms with Crippen LogP contribution in [-0.4, -0.2) is 19.3 Å². The smallest absolute Gasteiger partial charge is 0.306 e. The van der Waals surface area contributed by atoms with Crippen LogP contribution in [0.25, 0.3) is 0 Å². The first kappa shape index (κ1) is 12.7. The van der Waals surface area contributed by atoms with E-state index in [0.29, 0.717) is 8.92 Å². The van der Waals surface area contributed by atoms with Gasteiger partial charge in [-0.25, -0.2) is 0 Å². The van der Waals surface area contributed by atoms with E-state index in [1.807, 2.05) is 0 Å². The van der Waals surface area contributed by atoms with Gasteiger partial charge >= 0.3 is 11.1 Å². The van der Waals surface area contributed by atoms with Gasteiger partial charge in [-0.05, 0) is 35.2 Å². The number of nitrogens with zero attached hydrogens (tertiary/aromatic N) is 4. The van der Waals surface area contributed by atoms with Crippen molar-refractivity contribution in [1.29, 1.82) is 0 Å². The quantitative estimate of drug-likeness (QED) is 0.790. The van der Waals surface area contributed by atoms with Crippen LogP contribution in [0.1, 0.15) is 30.3 Å². The monoisotopic (exact) mass is 342 g/mol. The largest absolute Gasteiger partial charge is 0.316 e. The molecule has 0 N–H and O–H groups in total. The Balaban J connectivity index is 1.93. The maximum absolute atomic E-state index is 12.0. The Hall–Kier alpha value is -1.28. The third-order valence-corrected chi connectivity index (χ3v) is 4.64. The molecule has 19 heavy (non-hydrogen) atoms. The number of halogens is 1. The predicted molar refractivity (Wildman–Crippen MR) is 74.6 cm³/mol. The van der Waals surface area contributed by atoms with Gasteiger partial charge in [0.15, 0.2) is 3.92 Å². The second-order valence-corrected chi connectivity index (χ2v) is 6.82. The van der Waals surface area contributed by atoms with E-state index in [-0.39, 0.29) is 12.6 Å². The fraction of sp³-hybridized carbons (Fsp3) is 0.455. The first-order valence-corrected chi connectivity index (χ1v) is 7.55. The molecule has 0 saturated heterocycles. The molecule has 0 bridgehead atoms. The number of hydrogen-bond acceptors (Lipinski definition) is 5. The van der Waals surface area contributed by atoms with E-state index in [0.717, 1.165) is 19.3 Å². The molecule has 1 aliphatic carbocycles. The van der Waals surface area contributed by atoms with Gasteiger partial charge in [0, 0.05) is 18.4 Å². The molecule has 3 rings (SSSR count). The Bertz CT molecular complexity index is 716. The van der Waals surface area contributed by atoms with E-state index >= 15 is 0 Å². The predicted octanol–water partition coefficient (Wildman–Crippen LogP) is 1.40. The standard InChI is InChI=1S/C11H11BrN4O2S/c12-11-14-13-8(19-11)6-15-4-5-16(7-2-1-3-7)10(18)9(15)17/h4-5,7H,1-3,6H2. The van der Waals surface area contributed by atoms with E-state index in [1.165, 1.54) is 15.9 Å². The highest BCUT2D eigenvalue weighted by Gasteiger charge is 2.21. The molecule has 0 unspecified atom stereocenters. The van der Waals surface area contributed by atoms with Gasteiger partial charge in [-0.15, -0.1) is 10.2 Å². The Kier molecular flexibility index (Phi) is 3.36. The normalized spacial score (nSPS) is 15.4. The molecule has 0 aromatic carbocycles. The van der Waals surface area contributed by atoms with Crippen molar-refractivity contribution in [3.05, 3.63) is 42.0 Å². The molecule has 0 atom stereocenters. The maximum atomic E-state index is 12.0. The molecular formula is C11H11BrN4O2S. The van der Waals surface area contributed by atoms with Crippen LogP contribution >= 0.6 is 27.3 Å². The first-order chi connectivity index (χ1) is 9.15. The summed E-state index contributed by atoms with van der Waals surface area (Å²) >= 11 is 4.57. The number of rotatable bonds is 3. The van der Waals surface area contributed by atoms with Gasteiger partial charge in [0.1, 0.15) is 5.01 Å². The Morgan fingerprint density at radius 3 is 2.63 bits per heavy atom. The fourth-order valence-corrected chi connectivity index (χ4v) is 3.24. The minimum Gasteiger partial charge on any atom is -0.306 e. The molecular weight excluding hydrogens is 332 g/mol. The lowest BCUT2D eigenvalue weighted by Gasteiger charge is -2.27. The summed E-state index contributed by atoms with van der Waals surface area (Å²) in [6.45, 7) is 0.281. The van der Waals surface area contributed by atoms with Gasteiger partial charge in [0.25, 0.3) is 0 Å². The van der Waals surface area contributed by atoms with Crippen LogP contribution in [0.3, 0.4) is 0 Å². The minimum absolute atomic E-state index is 0.200. The highest BCUT2D eigenvalue weighted by molar-refractivity contribution is 9.11. The number of hydrogen-bond donors (Lipinski definition) is 0. The molecule has 2 aromatic rings. The third-order valence-electron chi connectivity index (χ3n) is 3.30. The summed E-state index contributed by atoms with van der Waals surface area (Å²) in [5.74, 6) is 0. The van der Waals surface area contributed by atoms with E-state index < -0.39 is 11.1 Å². The number of aromatic nitrogens is 4. The molecule has 1 aliphatic rings. The van der Waals surface area contributed by atoms with Crippen molar-refractivity contribution in [2.45, 2.75) is 31.8 Å². The topological polar surface area (TPSA) is 69.8 Å². The summed E-state index contributed by atoms with van der Waals surface area (Å²) in [5.41, 5.74) is -0.948. The average Bonchev–Trinajstić information content (AvgIpc) is 2.72. The lowest BCUT2D eigenvalue weighted by molar-refractivity contribution is 0.303. The van der Waals surface area contributed by atoms with Crippen molar-refractivity contribution >= 4 is 27.3 Å². The van der Waals surface area contributed by atoms with Gasteiger partial charge in [0.2, 0.25) is 0 Å². The Morgan fingerprint density at radius 2 is 2.05 bits per heavy atom. The van der Waals surface area contributed by atoms with Gasteiger partial charge in [0.05, 0.1) is 6.54 Å². The van der Waals surface area contributed by atoms with Crippen molar-refractivity contribution in [3.8, 4) is 0 Å². The molecule has 1 saturated carbocycles. The lowest BCUT2D eigenvalue weighted by Crippen LogP contribution is -2.43. The van der Waals surface area contributed by atoms with Crippen molar-refractivity contribution in [2.75, 3.05) is 0 Å². The van der Waals surface area contributed by atoms with Crippen LogP contribution in [-0.2, 0) is 6.54 Å². The van der Waals surface area contributed by atoms with Gasteiger partial charge in [-0.3, -0.25) is 9.59 Å². The second-order valence-electron chi connectivity index (χ2n) is 4.48. The van der Waals surface area contributed by atoms with Crippen molar-refractivity contribution in [1.82, 2.24) is 19.3 Å². The van der Waals surface area contributed by atoms with E-state index in [1.54, 1.807) is 17.0 Å². The molecule has 6 nitrogen and oxygen atoms in total. The molecule has 100 valence electrons. The Labute approximate surface area is 120 Å². The molecule has 0 aliphatic heterocycles. The summed E-state index contributed by atoms with van der Waals surface area (Å²) < 4.78 is 3.60. The van der Waals surface area contributed by atoms with Crippen molar-refractivity contribution < 1.29 is 0 Å². The zero-order valence-electron chi connectivity index (χ0n) is 9.95. The highest BCUT2D eigenvalue weighted by Crippen LogP contribution is 2.29. The Morgan fingerprint density at radius 1 is 1.26 bits per heavy atom. The van der Waals surface area contributed by atoms with Gasteiger partial charge < -0.3 is 9.13 Å². The van der Waals surface area contributed by atoms with Crippen LogP contribution in [0.4, 0.5) is 0 Å². The molecule has 0 spiro atoms. The van der Waals surface area contributed by atoms with Gasteiger partial charge in [-0.1, -0.05) is 11.3 Å². The molecule has 0 radical (unpaired) electrons.